The summed E-state index contributed by atoms with van der Waals surface area (Å²) in [5.41, 5.74) is 4.78. The van der Waals surface area contributed by atoms with E-state index in [1.54, 1.807) is 0 Å². The van der Waals surface area contributed by atoms with E-state index < -0.39 is 0 Å². The summed E-state index contributed by atoms with van der Waals surface area (Å²) in [6.07, 6.45) is 3.77. The topological polar surface area (TPSA) is 48.3 Å². The number of esters is 1. The van der Waals surface area contributed by atoms with Crippen LogP contribution in [0.15, 0.2) is 42.0 Å². The number of benzene rings is 1. The third-order valence-electron chi connectivity index (χ3n) is 4.42. The van der Waals surface area contributed by atoms with E-state index in [-0.39, 0.29) is 11.8 Å². The lowest BCUT2D eigenvalue weighted by Crippen LogP contribution is -2.11. The second-order valence-corrected chi connectivity index (χ2v) is 6.06. The lowest BCUT2D eigenvalue weighted by molar-refractivity contribution is -0.140. The number of nitrogens with zero attached hydrogens (tertiary/aromatic N) is 1. The van der Waals surface area contributed by atoms with E-state index in [0.717, 1.165) is 36.3 Å². The minimum absolute atomic E-state index is 0.0601. The lowest BCUT2D eigenvalue weighted by atomic mass is 10.0. The molecule has 1 aromatic carbocycles. The van der Waals surface area contributed by atoms with Gasteiger partial charge < -0.3 is 9.30 Å². The molecule has 1 aliphatic heterocycles. The second kappa shape index (κ2) is 6.87. The fourth-order valence-electron chi connectivity index (χ4n) is 3.12. The van der Waals surface area contributed by atoms with Gasteiger partial charge in [-0.1, -0.05) is 35.9 Å². The van der Waals surface area contributed by atoms with Gasteiger partial charge in [-0.15, -0.1) is 0 Å². The Morgan fingerprint density at radius 3 is 2.67 bits per heavy atom. The number of fused-ring (bicyclic) bond motifs is 1. The van der Waals surface area contributed by atoms with E-state index in [2.05, 4.69) is 10.6 Å². The number of hydrogen-bond donors (Lipinski definition) is 0. The molecule has 0 saturated carbocycles. The van der Waals surface area contributed by atoms with E-state index >= 15 is 0 Å². The number of rotatable bonds is 5. The highest BCUT2D eigenvalue weighted by molar-refractivity contribution is 6.10. The summed E-state index contributed by atoms with van der Waals surface area (Å²) < 4.78 is 7.20. The molecule has 2 heterocycles. The van der Waals surface area contributed by atoms with E-state index in [1.165, 1.54) is 12.5 Å². The Kier molecular flexibility index (Phi) is 4.65. The molecular formula is C20H21NO3. The smallest absolute Gasteiger partial charge is 0.302 e. The molecule has 1 aromatic heterocycles. The molecule has 24 heavy (non-hydrogen) atoms. The van der Waals surface area contributed by atoms with E-state index in [9.17, 15) is 9.59 Å². The van der Waals surface area contributed by atoms with Crippen molar-refractivity contribution in [1.82, 2.24) is 4.57 Å². The number of aromatic nitrogens is 1. The molecule has 4 nitrogen and oxygen atoms in total. The highest BCUT2D eigenvalue weighted by atomic mass is 16.5. The van der Waals surface area contributed by atoms with Crippen LogP contribution in [0.4, 0.5) is 0 Å². The van der Waals surface area contributed by atoms with E-state index in [0.29, 0.717) is 12.2 Å². The van der Waals surface area contributed by atoms with Gasteiger partial charge in [0.1, 0.15) is 0 Å². The minimum atomic E-state index is -0.249. The predicted molar refractivity (Wildman–Crippen MR) is 92.9 cm³/mol. The number of ketones is 1. The van der Waals surface area contributed by atoms with Crippen LogP contribution in [-0.4, -0.2) is 22.9 Å². The predicted octanol–water partition coefficient (Wildman–Crippen LogP) is 3.77. The normalized spacial score (nSPS) is 13.2. The summed E-state index contributed by atoms with van der Waals surface area (Å²) in [7, 11) is 0. The standard InChI is InChI=1S/C20H21NO3/c1-14-19(20(23)17-6-4-3-5-7-17)13-18-12-16(8-10-21(14)18)9-11-24-15(2)22/h3-7,12-13H,8-11H2,1-2H3. The van der Waals surface area contributed by atoms with Gasteiger partial charge in [0, 0.05) is 42.4 Å². The number of carbonyl (C=O) groups is 2. The van der Waals surface area contributed by atoms with Gasteiger partial charge in [0.05, 0.1) is 6.61 Å². The summed E-state index contributed by atoms with van der Waals surface area (Å²) in [6.45, 7) is 4.69. The maximum Gasteiger partial charge on any atom is 0.302 e. The highest BCUT2D eigenvalue weighted by Crippen LogP contribution is 2.27. The zero-order valence-electron chi connectivity index (χ0n) is 14.0. The quantitative estimate of drug-likeness (QED) is 0.621. The number of hydrogen-bond acceptors (Lipinski definition) is 3. The van der Waals surface area contributed by atoms with Gasteiger partial charge in [-0.25, -0.2) is 0 Å². The number of ether oxygens (including phenoxy) is 1. The minimum Gasteiger partial charge on any atom is -0.466 e. The van der Waals surface area contributed by atoms with Crippen LogP contribution in [-0.2, 0) is 16.1 Å². The van der Waals surface area contributed by atoms with Crippen molar-refractivity contribution in [3.05, 3.63) is 64.5 Å². The highest BCUT2D eigenvalue weighted by Gasteiger charge is 2.20. The molecule has 0 spiro atoms. The molecule has 0 atom stereocenters. The molecule has 0 saturated heterocycles. The fourth-order valence-corrected chi connectivity index (χ4v) is 3.12. The molecule has 1 aliphatic rings. The van der Waals surface area contributed by atoms with Crippen molar-refractivity contribution >= 4 is 17.8 Å². The summed E-state index contributed by atoms with van der Waals surface area (Å²) in [4.78, 5) is 23.6. The Balaban J connectivity index is 1.82. The van der Waals surface area contributed by atoms with Gasteiger partial charge >= 0.3 is 5.97 Å². The third kappa shape index (κ3) is 3.32. The molecule has 0 radical (unpaired) electrons. The Bertz CT molecular complexity index is 800. The fraction of sp³-hybridized carbons (Fsp3) is 0.300. The van der Waals surface area contributed by atoms with Crippen molar-refractivity contribution in [3.63, 3.8) is 0 Å². The van der Waals surface area contributed by atoms with Crippen LogP contribution in [0.1, 0.15) is 47.1 Å². The van der Waals surface area contributed by atoms with E-state index in [1.807, 2.05) is 43.3 Å². The van der Waals surface area contributed by atoms with Crippen molar-refractivity contribution < 1.29 is 14.3 Å². The zero-order valence-corrected chi connectivity index (χ0v) is 14.0. The lowest BCUT2D eigenvalue weighted by Gasteiger charge is -2.18. The van der Waals surface area contributed by atoms with Crippen LogP contribution in [0.25, 0.3) is 6.08 Å². The van der Waals surface area contributed by atoms with Crippen molar-refractivity contribution in [2.24, 2.45) is 0 Å². The molecule has 4 heteroatoms. The number of carbonyl (C=O) groups excluding carboxylic acids is 2. The Morgan fingerprint density at radius 1 is 1.21 bits per heavy atom. The maximum absolute atomic E-state index is 12.7. The second-order valence-electron chi connectivity index (χ2n) is 6.06. The van der Waals surface area contributed by atoms with Crippen molar-refractivity contribution in [1.29, 1.82) is 0 Å². The van der Waals surface area contributed by atoms with Gasteiger partial charge in [-0.05, 0) is 25.5 Å². The average molecular weight is 323 g/mol. The van der Waals surface area contributed by atoms with Crippen molar-refractivity contribution in [2.75, 3.05) is 6.61 Å². The summed E-state index contributed by atoms with van der Waals surface area (Å²) in [6, 6.07) is 11.3. The van der Waals surface area contributed by atoms with E-state index in [4.69, 9.17) is 4.74 Å². The first-order valence-electron chi connectivity index (χ1n) is 8.19. The molecule has 0 N–H and O–H groups in total. The van der Waals surface area contributed by atoms with Gasteiger partial charge in [0.25, 0.3) is 0 Å². The Labute approximate surface area is 141 Å². The third-order valence-corrected chi connectivity index (χ3v) is 4.42. The molecule has 0 aliphatic carbocycles. The first-order chi connectivity index (χ1) is 11.6. The average Bonchev–Trinajstić information content (AvgIpc) is 2.91. The first kappa shape index (κ1) is 16.2. The summed E-state index contributed by atoms with van der Waals surface area (Å²) in [5.74, 6) is -0.189. The van der Waals surface area contributed by atoms with Crippen LogP contribution in [0.2, 0.25) is 0 Å². The monoisotopic (exact) mass is 323 g/mol. The van der Waals surface area contributed by atoms with Crippen LogP contribution >= 0.6 is 0 Å². The zero-order chi connectivity index (χ0) is 17.1. The van der Waals surface area contributed by atoms with Crippen molar-refractivity contribution in [2.45, 2.75) is 33.2 Å². The SMILES string of the molecule is CC(=O)OCCC1=Cc2cc(C(=O)c3ccccc3)c(C)n2CC1. The largest absolute Gasteiger partial charge is 0.466 e. The molecule has 0 unspecified atom stereocenters. The Hall–Kier alpha value is -2.62. The van der Waals surface area contributed by atoms with Crippen LogP contribution in [0, 0.1) is 6.92 Å². The Morgan fingerprint density at radius 2 is 1.96 bits per heavy atom. The summed E-state index contributed by atoms with van der Waals surface area (Å²) in [5, 5.41) is 0. The molecule has 0 fully saturated rings. The first-order valence-corrected chi connectivity index (χ1v) is 8.19. The van der Waals surface area contributed by atoms with Crippen LogP contribution in [0.3, 0.4) is 0 Å². The van der Waals surface area contributed by atoms with Gasteiger partial charge in [-0.3, -0.25) is 9.59 Å². The van der Waals surface area contributed by atoms with Gasteiger partial charge in [0.2, 0.25) is 0 Å². The molecule has 0 bridgehead atoms. The summed E-state index contributed by atoms with van der Waals surface area (Å²) >= 11 is 0. The molecule has 3 rings (SSSR count). The van der Waals surface area contributed by atoms with Gasteiger partial charge in [0.15, 0.2) is 5.78 Å². The van der Waals surface area contributed by atoms with Gasteiger partial charge in [-0.2, -0.15) is 0 Å². The molecule has 0 amide bonds. The van der Waals surface area contributed by atoms with Crippen LogP contribution < -0.4 is 0 Å². The molecule has 124 valence electrons. The molecular weight excluding hydrogens is 302 g/mol. The van der Waals surface area contributed by atoms with Crippen molar-refractivity contribution in [3.8, 4) is 0 Å². The van der Waals surface area contributed by atoms with Crippen LogP contribution in [0.5, 0.6) is 0 Å². The maximum atomic E-state index is 12.7. The molecule has 2 aromatic rings.